The molecule has 3 aliphatic rings. The van der Waals surface area contributed by atoms with Crippen LogP contribution in [0.1, 0.15) is 19.3 Å². The number of likely N-dealkylation sites (N-methyl/N-ethyl adjacent to an activating group) is 1. The van der Waals surface area contributed by atoms with Crippen LogP contribution in [-0.2, 0) is 9.59 Å². The Bertz CT molecular complexity index is 416. The molecule has 2 heterocycles. The molecule has 2 aliphatic heterocycles. The van der Waals surface area contributed by atoms with Crippen molar-refractivity contribution in [2.24, 2.45) is 5.41 Å². The Kier molecular flexibility index (Phi) is 2.07. The number of urea groups is 1. The molecule has 1 N–H and O–H groups in total. The SMILES string of the molecule is CN1CCC(N2C(=O)NC(=O)C3(CC3)C2=O)C1. The van der Waals surface area contributed by atoms with E-state index in [4.69, 9.17) is 0 Å². The van der Waals surface area contributed by atoms with E-state index >= 15 is 0 Å². The molecule has 0 aromatic carbocycles. The minimum absolute atomic E-state index is 0.0851. The van der Waals surface area contributed by atoms with Crippen LogP contribution in [0.3, 0.4) is 0 Å². The lowest BCUT2D eigenvalue weighted by molar-refractivity contribution is -0.145. The summed E-state index contributed by atoms with van der Waals surface area (Å²) in [7, 11) is 1.96. The molecule has 0 aromatic rings. The van der Waals surface area contributed by atoms with Gasteiger partial charge in [-0.25, -0.2) is 4.79 Å². The number of carbonyl (C=O) groups is 3. The van der Waals surface area contributed by atoms with Crippen molar-refractivity contribution < 1.29 is 14.4 Å². The highest BCUT2D eigenvalue weighted by Crippen LogP contribution is 2.49. The monoisotopic (exact) mass is 237 g/mol. The van der Waals surface area contributed by atoms with Crippen LogP contribution in [-0.4, -0.2) is 53.8 Å². The fourth-order valence-corrected chi connectivity index (χ4v) is 2.72. The van der Waals surface area contributed by atoms with Crippen LogP contribution >= 0.6 is 0 Å². The third-order valence-corrected chi connectivity index (χ3v) is 3.98. The Labute approximate surface area is 98.9 Å². The first kappa shape index (κ1) is 10.7. The van der Waals surface area contributed by atoms with E-state index in [9.17, 15) is 14.4 Å². The Morgan fingerprint density at radius 3 is 2.53 bits per heavy atom. The summed E-state index contributed by atoms with van der Waals surface area (Å²) in [5.41, 5.74) is -0.908. The molecule has 1 unspecified atom stereocenters. The highest BCUT2D eigenvalue weighted by Gasteiger charge is 2.63. The summed E-state index contributed by atoms with van der Waals surface area (Å²) in [6.07, 6.45) is 1.94. The van der Waals surface area contributed by atoms with Gasteiger partial charge in [0.15, 0.2) is 0 Å². The zero-order valence-electron chi connectivity index (χ0n) is 9.73. The van der Waals surface area contributed by atoms with Gasteiger partial charge in [-0.15, -0.1) is 0 Å². The smallest absolute Gasteiger partial charge is 0.304 e. The predicted octanol–water partition coefficient (Wildman–Crippen LogP) is -0.451. The number of likely N-dealkylation sites (tertiary alicyclic amines) is 1. The number of barbiturate groups is 1. The molecular weight excluding hydrogens is 222 g/mol. The fraction of sp³-hybridized carbons (Fsp3) is 0.727. The van der Waals surface area contributed by atoms with Gasteiger partial charge >= 0.3 is 6.03 Å². The largest absolute Gasteiger partial charge is 0.331 e. The van der Waals surface area contributed by atoms with Crippen LogP contribution in [0.15, 0.2) is 0 Å². The first-order valence-corrected chi connectivity index (χ1v) is 5.92. The van der Waals surface area contributed by atoms with Crippen LogP contribution < -0.4 is 5.32 Å². The number of hydrogen-bond acceptors (Lipinski definition) is 4. The summed E-state index contributed by atoms with van der Waals surface area (Å²) < 4.78 is 0. The van der Waals surface area contributed by atoms with Crippen LogP contribution in [0.4, 0.5) is 4.79 Å². The summed E-state index contributed by atoms with van der Waals surface area (Å²) in [5, 5.41) is 2.31. The van der Waals surface area contributed by atoms with E-state index in [0.717, 1.165) is 13.0 Å². The quantitative estimate of drug-likeness (QED) is 0.627. The lowest BCUT2D eigenvalue weighted by Gasteiger charge is -2.34. The van der Waals surface area contributed by atoms with Crippen molar-refractivity contribution in [1.82, 2.24) is 15.1 Å². The van der Waals surface area contributed by atoms with E-state index in [1.807, 2.05) is 7.05 Å². The molecule has 6 heteroatoms. The normalized spacial score (nSPS) is 32.2. The van der Waals surface area contributed by atoms with Gasteiger partial charge in [-0.2, -0.15) is 0 Å². The Balaban J connectivity index is 1.86. The molecule has 0 radical (unpaired) electrons. The summed E-state index contributed by atoms with van der Waals surface area (Å²) in [6.45, 7) is 1.58. The summed E-state index contributed by atoms with van der Waals surface area (Å²) in [6, 6.07) is -0.629. The maximum absolute atomic E-state index is 12.2. The lowest BCUT2D eigenvalue weighted by Crippen LogP contribution is -2.62. The van der Waals surface area contributed by atoms with E-state index in [0.29, 0.717) is 19.4 Å². The maximum atomic E-state index is 12.2. The molecule has 2 saturated heterocycles. The molecule has 92 valence electrons. The number of imide groups is 2. The van der Waals surface area contributed by atoms with Crippen LogP contribution in [0.5, 0.6) is 0 Å². The molecule has 4 amide bonds. The number of carbonyl (C=O) groups excluding carboxylic acids is 3. The molecule has 1 aliphatic carbocycles. The number of rotatable bonds is 1. The maximum Gasteiger partial charge on any atom is 0.331 e. The fourth-order valence-electron chi connectivity index (χ4n) is 2.72. The van der Waals surface area contributed by atoms with E-state index in [2.05, 4.69) is 10.2 Å². The van der Waals surface area contributed by atoms with Crippen molar-refractivity contribution in [3.05, 3.63) is 0 Å². The molecule has 3 rings (SSSR count). The average molecular weight is 237 g/mol. The van der Waals surface area contributed by atoms with E-state index in [1.54, 1.807) is 0 Å². The van der Waals surface area contributed by atoms with E-state index in [1.165, 1.54) is 4.90 Å². The third kappa shape index (κ3) is 1.40. The minimum atomic E-state index is -0.908. The first-order valence-electron chi connectivity index (χ1n) is 5.92. The predicted molar refractivity (Wildman–Crippen MR) is 58.0 cm³/mol. The number of hydrogen-bond donors (Lipinski definition) is 1. The van der Waals surface area contributed by atoms with Gasteiger partial charge in [0, 0.05) is 6.54 Å². The highest BCUT2D eigenvalue weighted by atomic mass is 16.2. The zero-order chi connectivity index (χ0) is 12.2. The van der Waals surface area contributed by atoms with Gasteiger partial charge in [0.05, 0.1) is 6.04 Å². The Morgan fingerprint density at radius 1 is 1.29 bits per heavy atom. The van der Waals surface area contributed by atoms with Gasteiger partial charge in [0.25, 0.3) is 0 Å². The second-order valence-corrected chi connectivity index (χ2v) is 5.22. The van der Waals surface area contributed by atoms with Crippen molar-refractivity contribution >= 4 is 17.8 Å². The number of nitrogens with zero attached hydrogens (tertiary/aromatic N) is 2. The number of nitrogens with one attached hydrogen (secondary N) is 1. The molecule has 17 heavy (non-hydrogen) atoms. The van der Waals surface area contributed by atoms with Gasteiger partial charge < -0.3 is 4.90 Å². The van der Waals surface area contributed by atoms with Crippen molar-refractivity contribution in [2.45, 2.75) is 25.3 Å². The van der Waals surface area contributed by atoms with Crippen LogP contribution in [0, 0.1) is 5.41 Å². The zero-order valence-corrected chi connectivity index (χ0v) is 9.73. The second kappa shape index (κ2) is 3.29. The topological polar surface area (TPSA) is 69.7 Å². The minimum Gasteiger partial charge on any atom is -0.304 e. The summed E-state index contributed by atoms with van der Waals surface area (Å²) in [5.74, 6) is -0.693. The van der Waals surface area contributed by atoms with Gasteiger partial charge in [0.2, 0.25) is 11.8 Å². The lowest BCUT2D eigenvalue weighted by atomic mass is 10.0. The molecule has 0 aromatic heterocycles. The molecule has 1 saturated carbocycles. The second-order valence-electron chi connectivity index (χ2n) is 5.22. The summed E-state index contributed by atoms with van der Waals surface area (Å²) >= 11 is 0. The number of amides is 4. The van der Waals surface area contributed by atoms with Gasteiger partial charge in [-0.3, -0.25) is 19.8 Å². The van der Waals surface area contributed by atoms with Crippen molar-refractivity contribution in [2.75, 3.05) is 20.1 Å². The molecule has 1 spiro atoms. The molecule has 6 nitrogen and oxygen atoms in total. The van der Waals surface area contributed by atoms with Crippen LogP contribution in [0.2, 0.25) is 0 Å². The third-order valence-electron chi connectivity index (χ3n) is 3.98. The first-order chi connectivity index (χ1) is 8.04. The van der Waals surface area contributed by atoms with Crippen molar-refractivity contribution in [1.29, 1.82) is 0 Å². The standard InChI is InChI=1S/C11H15N3O3/c1-13-5-2-7(6-13)14-9(16)11(3-4-11)8(15)12-10(14)17/h7H,2-6H2,1H3,(H,12,15,17). The van der Waals surface area contributed by atoms with Crippen LogP contribution in [0.25, 0.3) is 0 Å². The van der Waals surface area contributed by atoms with E-state index in [-0.39, 0.29) is 11.9 Å². The van der Waals surface area contributed by atoms with Crippen molar-refractivity contribution in [3.8, 4) is 0 Å². The van der Waals surface area contributed by atoms with Gasteiger partial charge in [-0.1, -0.05) is 0 Å². The molecule has 0 bridgehead atoms. The van der Waals surface area contributed by atoms with E-state index < -0.39 is 17.4 Å². The van der Waals surface area contributed by atoms with Crippen molar-refractivity contribution in [3.63, 3.8) is 0 Å². The highest BCUT2D eigenvalue weighted by molar-refractivity contribution is 6.21. The molecule has 3 fully saturated rings. The Morgan fingerprint density at radius 2 is 2.00 bits per heavy atom. The van der Waals surface area contributed by atoms with Gasteiger partial charge in [-0.05, 0) is 32.9 Å². The summed E-state index contributed by atoms with van der Waals surface area (Å²) in [4.78, 5) is 39.0. The average Bonchev–Trinajstić information content (AvgIpc) is 2.96. The molecular formula is C11H15N3O3. The molecule has 1 atom stereocenters. The van der Waals surface area contributed by atoms with Gasteiger partial charge in [0.1, 0.15) is 5.41 Å². The Hall–Kier alpha value is -1.43.